The lowest BCUT2D eigenvalue weighted by Crippen LogP contribution is -2.17. The zero-order chi connectivity index (χ0) is 14.4. The predicted octanol–water partition coefficient (Wildman–Crippen LogP) is 4.41. The Morgan fingerprint density at radius 2 is 2.00 bits per heavy atom. The maximum atomic E-state index is 5.97. The minimum absolute atomic E-state index is 0.613. The van der Waals surface area contributed by atoms with Crippen molar-refractivity contribution in [2.24, 2.45) is 17.8 Å². The maximum Gasteiger partial charge on any atom is 0.160 e. The number of hydrogen-bond acceptors (Lipinski definition) is 2. The van der Waals surface area contributed by atoms with Crippen LogP contribution in [0.3, 0.4) is 0 Å². The molecule has 0 aliphatic heterocycles. The van der Waals surface area contributed by atoms with Crippen LogP contribution in [0.25, 0.3) is 11.2 Å². The molecule has 21 heavy (non-hydrogen) atoms. The van der Waals surface area contributed by atoms with E-state index in [1.807, 2.05) is 6.20 Å². The molecule has 0 saturated heterocycles. The molecular formula is C16H19BrClN3. The molecule has 0 atom stereocenters. The van der Waals surface area contributed by atoms with E-state index in [9.17, 15) is 0 Å². The van der Waals surface area contributed by atoms with Crippen LogP contribution in [-0.4, -0.2) is 20.4 Å². The van der Waals surface area contributed by atoms with Crippen molar-refractivity contribution in [1.29, 1.82) is 0 Å². The van der Waals surface area contributed by atoms with Gasteiger partial charge in [0.2, 0.25) is 0 Å². The van der Waals surface area contributed by atoms with Gasteiger partial charge in [-0.1, -0.05) is 0 Å². The van der Waals surface area contributed by atoms with Gasteiger partial charge in [-0.2, -0.15) is 0 Å². The minimum atomic E-state index is 0.613. The van der Waals surface area contributed by atoms with Gasteiger partial charge in [0.1, 0.15) is 11.3 Å². The second kappa shape index (κ2) is 5.54. The normalized spacial score (nSPS) is 18.8. The smallest absolute Gasteiger partial charge is 0.160 e. The van der Waals surface area contributed by atoms with E-state index in [-0.39, 0.29) is 0 Å². The van der Waals surface area contributed by atoms with E-state index in [1.54, 1.807) is 0 Å². The van der Waals surface area contributed by atoms with Crippen LogP contribution >= 0.6 is 27.5 Å². The van der Waals surface area contributed by atoms with Gasteiger partial charge in [0.25, 0.3) is 0 Å². The molecule has 0 bridgehead atoms. The highest BCUT2D eigenvalue weighted by atomic mass is 79.9. The van der Waals surface area contributed by atoms with Crippen molar-refractivity contribution in [3.63, 3.8) is 0 Å². The highest BCUT2D eigenvalue weighted by Crippen LogP contribution is 2.50. The van der Waals surface area contributed by atoms with Crippen molar-refractivity contribution < 1.29 is 0 Å². The number of hydrogen-bond donors (Lipinski definition) is 0. The number of nitrogens with zero attached hydrogens (tertiary/aromatic N) is 3. The zero-order valence-electron chi connectivity index (χ0n) is 11.9. The summed E-state index contributed by atoms with van der Waals surface area (Å²) in [5.41, 5.74) is 2.00. The first-order chi connectivity index (χ1) is 10.3. The summed E-state index contributed by atoms with van der Waals surface area (Å²) in [5.74, 6) is 4.41. The Bertz CT molecular complexity index is 649. The van der Waals surface area contributed by atoms with E-state index in [4.69, 9.17) is 16.6 Å². The Labute approximate surface area is 138 Å². The Morgan fingerprint density at radius 1 is 1.29 bits per heavy atom. The standard InChI is InChI=1S/C16H19BrClN3/c17-12-7-14-16(19-8-12)21(15(20-14)5-6-18)9-13(10-1-2-10)11-3-4-11/h7-8,10-11,13H,1-6,9H2. The van der Waals surface area contributed by atoms with Crippen molar-refractivity contribution in [2.45, 2.75) is 38.6 Å². The summed E-state index contributed by atoms with van der Waals surface area (Å²) in [7, 11) is 0. The van der Waals surface area contributed by atoms with Crippen LogP contribution in [0.15, 0.2) is 16.7 Å². The van der Waals surface area contributed by atoms with Crippen LogP contribution < -0.4 is 0 Å². The third-order valence-electron chi connectivity index (χ3n) is 4.80. The Balaban J connectivity index is 1.72. The number of pyridine rings is 1. The molecule has 2 heterocycles. The first-order valence-electron chi connectivity index (χ1n) is 7.83. The van der Waals surface area contributed by atoms with Gasteiger partial charge < -0.3 is 4.57 Å². The summed E-state index contributed by atoms with van der Waals surface area (Å²) in [6, 6.07) is 2.06. The average molecular weight is 369 g/mol. The molecule has 2 aliphatic rings. The number of imidazole rings is 1. The summed E-state index contributed by atoms with van der Waals surface area (Å²) in [5, 5.41) is 0. The summed E-state index contributed by atoms with van der Waals surface area (Å²) in [4.78, 5) is 9.37. The van der Waals surface area contributed by atoms with Crippen LogP contribution in [0.4, 0.5) is 0 Å². The molecule has 0 N–H and O–H groups in total. The second-order valence-corrected chi connectivity index (χ2v) is 7.71. The van der Waals surface area contributed by atoms with Gasteiger partial charge in [0.05, 0.1) is 0 Å². The molecule has 0 unspecified atom stereocenters. The fraction of sp³-hybridized carbons (Fsp3) is 0.625. The SMILES string of the molecule is ClCCc1nc2cc(Br)cnc2n1CC(C1CC1)C1CC1. The number of halogens is 2. The lowest BCUT2D eigenvalue weighted by molar-refractivity contribution is 0.348. The molecule has 2 aromatic rings. The highest BCUT2D eigenvalue weighted by molar-refractivity contribution is 9.10. The number of alkyl halides is 1. The van der Waals surface area contributed by atoms with Crippen molar-refractivity contribution in [1.82, 2.24) is 14.5 Å². The first-order valence-corrected chi connectivity index (χ1v) is 9.15. The van der Waals surface area contributed by atoms with Crippen LogP contribution in [-0.2, 0) is 13.0 Å². The number of fused-ring (bicyclic) bond motifs is 1. The molecule has 0 amide bonds. The quantitative estimate of drug-likeness (QED) is 0.707. The van der Waals surface area contributed by atoms with Crippen LogP contribution in [0.5, 0.6) is 0 Å². The second-order valence-electron chi connectivity index (χ2n) is 6.41. The van der Waals surface area contributed by atoms with Gasteiger partial charge in [-0.3, -0.25) is 0 Å². The minimum Gasteiger partial charge on any atom is -0.312 e. The molecule has 0 aromatic carbocycles. The van der Waals surface area contributed by atoms with Crippen molar-refractivity contribution in [3.05, 3.63) is 22.6 Å². The van der Waals surface area contributed by atoms with Crippen molar-refractivity contribution in [3.8, 4) is 0 Å². The van der Waals surface area contributed by atoms with Gasteiger partial charge in [-0.15, -0.1) is 11.6 Å². The van der Waals surface area contributed by atoms with E-state index >= 15 is 0 Å². The van der Waals surface area contributed by atoms with Gasteiger partial charge in [-0.25, -0.2) is 9.97 Å². The molecule has 2 aliphatic carbocycles. The van der Waals surface area contributed by atoms with Gasteiger partial charge in [0.15, 0.2) is 5.65 Å². The molecule has 2 fully saturated rings. The van der Waals surface area contributed by atoms with Crippen molar-refractivity contribution in [2.75, 3.05) is 5.88 Å². The van der Waals surface area contributed by atoms with E-state index in [1.165, 1.54) is 25.7 Å². The zero-order valence-corrected chi connectivity index (χ0v) is 14.3. The van der Waals surface area contributed by atoms with E-state index in [2.05, 4.69) is 31.5 Å². The van der Waals surface area contributed by atoms with Gasteiger partial charge in [-0.05, 0) is 65.4 Å². The molecule has 0 radical (unpaired) electrons. The number of rotatable bonds is 6. The molecule has 4 rings (SSSR count). The Morgan fingerprint density at radius 3 is 2.62 bits per heavy atom. The molecular weight excluding hydrogens is 350 g/mol. The maximum absolute atomic E-state index is 5.97. The van der Waals surface area contributed by atoms with Crippen LogP contribution in [0.2, 0.25) is 0 Å². The lowest BCUT2D eigenvalue weighted by atomic mass is 9.98. The fourth-order valence-electron chi connectivity index (χ4n) is 3.44. The molecule has 2 aromatic heterocycles. The highest BCUT2D eigenvalue weighted by Gasteiger charge is 2.41. The monoisotopic (exact) mass is 367 g/mol. The summed E-state index contributed by atoms with van der Waals surface area (Å²) < 4.78 is 3.32. The molecule has 112 valence electrons. The Kier molecular flexibility index (Phi) is 3.70. The molecule has 2 saturated carbocycles. The predicted molar refractivity (Wildman–Crippen MR) is 88.6 cm³/mol. The first kappa shape index (κ1) is 14.0. The largest absolute Gasteiger partial charge is 0.312 e. The van der Waals surface area contributed by atoms with Crippen molar-refractivity contribution >= 4 is 38.7 Å². The summed E-state index contributed by atoms with van der Waals surface area (Å²) >= 11 is 9.45. The van der Waals surface area contributed by atoms with E-state index in [0.29, 0.717) is 5.88 Å². The average Bonchev–Trinajstić information content (AvgIpc) is 3.35. The lowest BCUT2D eigenvalue weighted by Gasteiger charge is -2.18. The van der Waals surface area contributed by atoms with Gasteiger partial charge >= 0.3 is 0 Å². The summed E-state index contributed by atoms with van der Waals surface area (Å²) in [6.07, 6.45) is 8.34. The van der Waals surface area contributed by atoms with E-state index in [0.717, 1.165) is 52.2 Å². The van der Waals surface area contributed by atoms with Crippen LogP contribution in [0.1, 0.15) is 31.5 Å². The third-order valence-corrected chi connectivity index (χ3v) is 5.42. The third kappa shape index (κ3) is 2.85. The molecule has 5 heteroatoms. The number of aryl methyl sites for hydroxylation is 1. The molecule has 0 spiro atoms. The van der Waals surface area contributed by atoms with Crippen LogP contribution in [0, 0.1) is 17.8 Å². The molecule has 3 nitrogen and oxygen atoms in total. The van der Waals surface area contributed by atoms with E-state index < -0.39 is 0 Å². The number of aromatic nitrogens is 3. The summed E-state index contributed by atoms with van der Waals surface area (Å²) in [6.45, 7) is 1.08. The fourth-order valence-corrected chi connectivity index (χ4v) is 3.93. The topological polar surface area (TPSA) is 30.7 Å². The van der Waals surface area contributed by atoms with Gasteiger partial charge in [0, 0.05) is 29.5 Å². The Hall–Kier alpha value is -0.610.